The van der Waals surface area contributed by atoms with E-state index >= 15 is 0 Å². The Bertz CT molecular complexity index is 171. The fourth-order valence-corrected chi connectivity index (χ4v) is 7.42. The fraction of sp³-hybridized carbons (Fsp3) is 0.889. The van der Waals surface area contributed by atoms with Crippen LogP contribution in [0.3, 0.4) is 0 Å². The Morgan fingerprint density at radius 1 is 0.684 bits per heavy atom. The van der Waals surface area contributed by atoms with E-state index in [0.29, 0.717) is 0 Å². The van der Waals surface area contributed by atoms with Crippen molar-refractivity contribution in [1.29, 1.82) is 0 Å². The van der Waals surface area contributed by atoms with Crippen LogP contribution in [0.25, 0.3) is 0 Å². The Morgan fingerprint density at radius 2 is 1.05 bits per heavy atom. The summed E-state index contributed by atoms with van der Waals surface area (Å²) >= 11 is 0. The van der Waals surface area contributed by atoms with E-state index < -0.39 is 7.26 Å². The maximum absolute atomic E-state index is 4.06. The highest BCUT2D eigenvalue weighted by Crippen LogP contribution is 2.60. The highest BCUT2D eigenvalue weighted by Gasteiger charge is 2.33. The Morgan fingerprint density at radius 3 is 1.32 bits per heavy atom. The molecule has 0 rings (SSSR count). The second-order valence-electron chi connectivity index (χ2n) is 6.11. The van der Waals surface area contributed by atoms with Crippen LogP contribution in [-0.4, -0.2) is 24.6 Å². The minimum atomic E-state index is -0.703. The second kappa shape index (κ2) is 13.2. The molecular weight excluding hydrogens is 247 g/mol. The summed E-state index contributed by atoms with van der Waals surface area (Å²) in [5.41, 5.74) is 0. The number of hydrogen-bond donors (Lipinski definition) is 0. The lowest BCUT2D eigenvalue weighted by Gasteiger charge is -2.27. The summed E-state index contributed by atoms with van der Waals surface area (Å²) in [7, 11) is -0.703. The van der Waals surface area contributed by atoms with Gasteiger partial charge in [0.05, 0.1) is 24.6 Å². The van der Waals surface area contributed by atoms with Crippen LogP contribution in [0.5, 0.6) is 0 Å². The molecule has 0 radical (unpaired) electrons. The third-order valence-electron chi connectivity index (χ3n) is 4.22. The van der Waals surface area contributed by atoms with Crippen molar-refractivity contribution in [2.45, 2.75) is 78.6 Å². The molecule has 0 aliphatic carbocycles. The van der Waals surface area contributed by atoms with Gasteiger partial charge < -0.3 is 0 Å². The zero-order chi connectivity index (χ0) is 14.4. The van der Waals surface area contributed by atoms with Crippen LogP contribution in [-0.2, 0) is 0 Å². The van der Waals surface area contributed by atoms with Crippen molar-refractivity contribution in [1.82, 2.24) is 0 Å². The molecule has 0 nitrogen and oxygen atoms in total. The van der Waals surface area contributed by atoms with E-state index in [1.165, 1.54) is 63.9 Å². The quantitative estimate of drug-likeness (QED) is 0.188. The monoisotopic (exact) mass is 285 g/mol. The highest BCUT2D eigenvalue weighted by atomic mass is 31.2. The van der Waals surface area contributed by atoms with Crippen molar-refractivity contribution >= 4 is 7.26 Å². The van der Waals surface area contributed by atoms with Crippen LogP contribution in [0.4, 0.5) is 0 Å². The summed E-state index contributed by atoms with van der Waals surface area (Å²) in [6.07, 6.45) is 21.0. The molecule has 0 unspecified atom stereocenters. The molecule has 0 N–H and O–H groups in total. The molecule has 0 aromatic rings. The lowest BCUT2D eigenvalue weighted by atomic mass is 10.3. The molecule has 0 aliphatic heterocycles. The number of unbranched alkanes of at least 4 members (excludes halogenated alkanes) is 6. The third-order valence-corrected chi connectivity index (χ3v) is 9.05. The molecule has 19 heavy (non-hydrogen) atoms. The third kappa shape index (κ3) is 9.67. The zero-order valence-corrected chi connectivity index (χ0v) is 14.8. The van der Waals surface area contributed by atoms with Crippen LogP contribution in [0.2, 0.25) is 0 Å². The van der Waals surface area contributed by atoms with Crippen LogP contribution in [0, 0.1) is 0 Å². The van der Waals surface area contributed by atoms with Crippen LogP contribution in [0.1, 0.15) is 78.6 Å². The normalized spacial score (nSPS) is 11.7. The van der Waals surface area contributed by atoms with Crippen molar-refractivity contribution in [3.63, 3.8) is 0 Å². The number of allylic oxidation sites excluding steroid dienone is 1. The van der Waals surface area contributed by atoms with Crippen molar-refractivity contribution < 1.29 is 0 Å². The summed E-state index contributed by atoms with van der Waals surface area (Å²) in [5, 5.41) is 0. The van der Waals surface area contributed by atoms with E-state index in [1.54, 1.807) is 18.5 Å². The molecule has 0 aliphatic rings. The maximum Gasteiger partial charge on any atom is 0.0771 e. The smallest absolute Gasteiger partial charge is 0.0771 e. The number of rotatable bonds is 14. The molecule has 114 valence electrons. The second-order valence-corrected chi connectivity index (χ2v) is 10.5. The van der Waals surface area contributed by atoms with Crippen LogP contribution >= 0.6 is 7.26 Å². The van der Waals surface area contributed by atoms with Gasteiger partial charge in [-0.15, -0.1) is 0 Å². The Kier molecular flexibility index (Phi) is 13.3. The lowest BCUT2D eigenvalue weighted by molar-refractivity contribution is 0.742. The van der Waals surface area contributed by atoms with Gasteiger partial charge in [0.2, 0.25) is 0 Å². The van der Waals surface area contributed by atoms with E-state index in [0.717, 1.165) is 0 Å². The minimum Gasteiger partial charge on any atom is -0.0995 e. The Labute approximate surface area is 123 Å². The van der Waals surface area contributed by atoms with Gasteiger partial charge in [-0.3, -0.25) is 0 Å². The minimum absolute atomic E-state index is 0.703. The van der Waals surface area contributed by atoms with E-state index in [2.05, 4.69) is 33.4 Å². The molecule has 0 saturated carbocycles. The molecule has 1 heteroatoms. The van der Waals surface area contributed by atoms with Gasteiger partial charge in [-0.1, -0.05) is 72.0 Å². The average Bonchev–Trinajstić information content (AvgIpc) is 2.40. The summed E-state index contributed by atoms with van der Waals surface area (Å²) < 4.78 is 0. The lowest BCUT2D eigenvalue weighted by Crippen LogP contribution is -2.12. The predicted molar refractivity (Wildman–Crippen MR) is 95.2 cm³/mol. The zero-order valence-electron chi connectivity index (χ0n) is 13.9. The molecular formula is C18H38P+. The molecule has 0 spiro atoms. The van der Waals surface area contributed by atoms with Gasteiger partial charge in [0, 0.05) is 7.26 Å². The first kappa shape index (κ1) is 19.2. The van der Waals surface area contributed by atoms with Gasteiger partial charge in [0.25, 0.3) is 0 Å². The van der Waals surface area contributed by atoms with Crippen molar-refractivity contribution in [2.75, 3.05) is 24.6 Å². The van der Waals surface area contributed by atoms with Crippen molar-refractivity contribution in [2.24, 2.45) is 0 Å². The van der Waals surface area contributed by atoms with Crippen molar-refractivity contribution in [3.05, 3.63) is 12.7 Å². The summed E-state index contributed by atoms with van der Waals surface area (Å²) in [6.45, 7) is 11.0. The summed E-state index contributed by atoms with van der Waals surface area (Å²) in [5.74, 6) is 0. The average molecular weight is 285 g/mol. The van der Waals surface area contributed by atoms with E-state index in [9.17, 15) is 0 Å². The standard InChI is InChI=1S/C18H38P/c1-5-9-12-16-19(15-8-4,17-13-10-6-2)18-14-11-7-3/h8H,4-7,9-18H2,1-3H3/q+1. The molecule has 0 amide bonds. The molecule has 0 aromatic heterocycles. The molecule has 0 saturated heterocycles. The first-order chi connectivity index (χ1) is 9.24. The van der Waals surface area contributed by atoms with Gasteiger partial charge in [-0.2, -0.15) is 0 Å². The first-order valence-electron chi connectivity index (χ1n) is 8.70. The Balaban J connectivity index is 4.42. The van der Waals surface area contributed by atoms with Gasteiger partial charge in [0.15, 0.2) is 0 Å². The first-order valence-corrected chi connectivity index (χ1v) is 11.2. The molecule has 0 heterocycles. The topological polar surface area (TPSA) is 0 Å². The van der Waals surface area contributed by atoms with Crippen molar-refractivity contribution in [3.8, 4) is 0 Å². The largest absolute Gasteiger partial charge is 0.0995 e. The highest BCUT2D eigenvalue weighted by molar-refractivity contribution is 7.76. The maximum atomic E-state index is 4.06. The van der Waals surface area contributed by atoms with Gasteiger partial charge in [-0.05, 0) is 19.3 Å². The van der Waals surface area contributed by atoms with Gasteiger partial charge in [0.1, 0.15) is 0 Å². The summed E-state index contributed by atoms with van der Waals surface area (Å²) in [6, 6.07) is 0. The fourth-order valence-electron chi connectivity index (χ4n) is 2.97. The molecule has 0 aromatic carbocycles. The Hall–Kier alpha value is 0.170. The summed E-state index contributed by atoms with van der Waals surface area (Å²) in [4.78, 5) is 0. The van der Waals surface area contributed by atoms with Crippen LogP contribution < -0.4 is 0 Å². The van der Waals surface area contributed by atoms with Crippen LogP contribution in [0.15, 0.2) is 12.7 Å². The van der Waals surface area contributed by atoms with Gasteiger partial charge >= 0.3 is 0 Å². The number of hydrogen-bond acceptors (Lipinski definition) is 0. The van der Waals surface area contributed by atoms with E-state index in [-0.39, 0.29) is 0 Å². The molecule has 0 fully saturated rings. The van der Waals surface area contributed by atoms with Gasteiger partial charge in [-0.25, -0.2) is 0 Å². The SMILES string of the molecule is C=CC[P+](CCCCC)(CCCCC)CCCCC. The predicted octanol–water partition coefficient (Wildman–Crippen LogP) is 6.76. The van der Waals surface area contributed by atoms with E-state index in [1.807, 2.05) is 0 Å². The molecule has 0 bridgehead atoms. The molecule has 0 atom stereocenters. The van der Waals surface area contributed by atoms with E-state index in [4.69, 9.17) is 0 Å².